The summed E-state index contributed by atoms with van der Waals surface area (Å²) in [7, 11) is 1.68. The number of carbonyl (C=O) groups excluding carboxylic acids is 1. The highest BCUT2D eigenvalue weighted by atomic mass is 127. The maximum atomic E-state index is 11.5. The second-order valence-corrected chi connectivity index (χ2v) is 7.10. The number of hydrogen-bond acceptors (Lipinski definition) is 4. The highest BCUT2D eigenvalue weighted by molar-refractivity contribution is 14.0. The van der Waals surface area contributed by atoms with Crippen molar-refractivity contribution in [2.24, 2.45) is 16.1 Å². The highest BCUT2D eigenvalue weighted by Crippen LogP contribution is 2.21. The van der Waals surface area contributed by atoms with Gasteiger partial charge in [0.2, 0.25) is 5.91 Å². The van der Waals surface area contributed by atoms with Gasteiger partial charge in [0, 0.05) is 38.8 Å². The van der Waals surface area contributed by atoms with Crippen LogP contribution in [-0.4, -0.2) is 45.3 Å². The molecule has 0 radical (unpaired) electrons. The molecule has 0 aliphatic heterocycles. The molecule has 160 valence electrons. The van der Waals surface area contributed by atoms with E-state index in [2.05, 4.69) is 15.6 Å². The van der Waals surface area contributed by atoms with E-state index in [1.807, 2.05) is 32.0 Å². The van der Waals surface area contributed by atoms with Gasteiger partial charge in [0.05, 0.1) is 18.6 Å². The number of methoxy groups -OCH3 is 1. The minimum absolute atomic E-state index is 0. The molecule has 7 nitrogen and oxygen atoms in total. The standard InChI is InChI=1S/C20H34N4O3.HI/c1-6-22-19(24-14-20(3,4)18(21)25)23-13-16-9-8-15(2)12-17(16)27-11-7-10-26-5;/h8-9,12H,6-7,10-11,13-14H2,1-5H3,(H2,21,25)(H2,22,23,24);1H. The molecule has 1 rings (SSSR count). The van der Waals surface area contributed by atoms with Crippen LogP contribution in [0.15, 0.2) is 23.2 Å². The molecule has 4 N–H and O–H groups in total. The smallest absolute Gasteiger partial charge is 0.224 e. The van der Waals surface area contributed by atoms with Gasteiger partial charge in [0.1, 0.15) is 5.75 Å². The molecule has 0 heterocycles. The Balaban J connectivity index is 0.00000729. The first kappa shape index (κ1) is 26.4. The summed E-state index contributed by atoms with van der Waals surface area (Å²) in [6.45, 7) is 10.5. The van der Waals surface area contributed by atoms with Crippen LogP contribution >= 0.6 is 24.0 Å². The van der Waals surface area contributed by atoms with Crippen molar-refractivity contribution < 1.29 is 14.3 Å². The molecular formula is C20H35IN4O3. The topological polar surface area (TPSA) is 98.0 Å². The lowest BCUT2D eigenvalue weighted by Gasteiger charge is -2.22. The Morgan fingerprint density at radius 2 is 1.96 bits per heavy atom. The van der Waals surface area contributed by atoms with Gasteiger partial charge in [-0.2, -0.15) is 0 Å². The number of nitrogens with one attached hydrogen (secondary N) is 2. The molecule has 1 amide bonds. The number of primary amides is 1. The van der Waals surface area contributed by atoms with E-state index in [4.69, 9.17) is 15.2 Å². The molecule has 0 aliphatic carbocycles. The molecule has 1 aromatic rings. The van der Waals surface area contributed by atoms with Crippen molar-refractivity contribution in [3.05, 3.63) is 29.3 Å². The van der Waals surface area contributed by atoms with Crippen LogP contribution in [0, 0.1) is 12.3 Å². The molecule has 0 saturated heterocycles. The molecule has 0 fully saturated rings. The Kier molecular flexibility index (Phi) is 12.8. The number of rotatable bonds is 11. The monoisotopic (exact) mass is 506 g/mol. The summed E-state index contributed by atoms with van der Waals surface area (Å²) in [6, 6.07) is 6.10. The van der Waals surface area contributed by atoms with Crippen LogP contribution in [0.5, 0.6) is 5.75 Å². The minimum atomic E-state index is -0.657. The van der Waals surface area contributed by atoms with Gasteiger partial charge in [-0.25, -0.2) is 4.99 Å². The lowest BCUT2D eigenvalue weighted by atomic mass is 9.93. The third-order valence-electron chi connectivity index (χ3n) is 4.09. The van der Waals surface area contributed by atoms with E-state index in [1.54, 1.807) is 21.0 Å². The normalized spacial score (nSPS) is 11.5. The molecular weight excluding hydrogens is 471 g/mol. The van der Waals surface area contributed by atoms with Crippen molar-refractivity contribution >= 4 is 35.8 Å². The van der Waals surface area contributed by atoms with Gasteiger partial charge >= 0.3 is 0 Å². The summed E-state index contributed by atoms with van der Waals surface area (Å²) in [5.41, 5.74) is 6.92. The van der Waals surface area contributed by atoms with Gasteiger partial charge in [-0.1, -0.05) is 12.1 Å². The maximum absolute atomic E-state index is 11.5. The summed E-state index contributed by atoms with van der Waals surface area (Å²) < 4.78 is 11.0. The average molecular weight is 506 g/mol. The summed E-state index contributed by atoms with van der Waals surface area (Å²) >= 11 is 0. The number of halogens is 1. The van der Waals surface area contributed by atoms with E-state index in [0.29, 0.717) is 32.3 Å². The van der Waals surface area contributed by atoms with Gasteiger partial charge in [0.15, 0.2) is 5.96 Å². The second-order valence-electron chi connectivity index (χ2n) is 7.10. The molecule has 0 atom stereocenters. The first-order chi connectivity index (χ1) is 12.8. The van der Waals surface area contributed by atoms with Crippen LogP contribution in [0.2, 0.25) is 0 Å². The first-order valence-electron chi connectivity index (χ1n) is 9.33. The zero-order chi connectivity index (χ0) is 20.3. The molecule has 0 unspecified atom stereocenters. The van der Waals surface area contributed by atoms with E-state index < -0.39 is 5.41 Å². The van der Waals surface area contributed by atoms with E-state index in [0.717, 1.165) is 29.8 Å². The van der Waals surface area contributed by atoms with E-state index in [9.17, 15) is 4.79 Å². The highest BCUT2D eigenvalue weighted by Gasteiger charge is 2.24. The van der Waals surface area contributed by atoms with Gasteiger partial charge in [0.25, 0.3) is 0 Å². The molecule has 28 heavy (non-hydrogen) atoms. The van der Waals surface area contributed by atoms with Crippen molar-refractivity contribution in [3.8, 4) is 5.75 Å². The van der Waals surface area contributed by atoms with Crippen molar-refractivity contribution in [1.29, 1.82) is 0 Å². The number of aryl methyl sites for hydroxylation is 1. The molecule has 1 aromatic carbocycles. The number of benzene rings is 1. The fourth-order valence-corrected chi connectivity index (χ4v) is 2.21. The lowest BCUT2D eigenvalue weighted by molar-refractivity contribution is -0.125. The fourth-order valence-electron chi connectivity index (χ4n) is 2.21. The SMILES string of the molecule is CCNC(=NCc1ccc(C)cc1OCCCOC)NCC(C)(C)C(N)=O.I. The summed E-state index contributed by atoms with van der Waals surface area (Å²) in [5, 5.41) is 6.37. The molecule has 0 aromatic heterocycles. The van der Waals surface area contributed by atoms with Gasteiger partial charge in [-0.15, -0.1) is 24.0 Å². The number of nitrogens with zero attached hydrogens (tertiary/aromatic N) is 1. The predicted molar refractivity (Wildman–Crippen MR) is 124 cm³/mol. The van der Waals surface area contributed by atoms with E-state index in [1.165, 1.54) is 0 Å². The van der Waals surface area contributed by atoms with Crippen LogP contribution in [0.25, 0.3) is 0 Å². The zero-order valence-electron chi connectivity index (χ0n) is 17.6. The third-order valence-corrected chi connectivity index (χ3v) is 4.09. The Labute approximate surface area is 185 Å². The molecule has 8 heteroatoms. The number of nitrogens with two attached hydrogens (primary N) is 1. The summed E-state index contributed by atoms with van der Waals surface area (Å²) in [5.74, 6) is 1.12. The quantitative estimate of drug-likeness (QED) is 0.186. The van der Waals surface area contributed by atoms with Crippen molar-refractivity contribution in [2.75, 3.05) is 33.4 Å². The lowest BCUT2D eigenvalue weighted by Crippen LogP contribution is -2.46. The second kappa shape index (κ2) is 13.6. The molecule has 0 bridgehead atoms. The van der Waals surface area contributed by atoms with E-state index >= 15 is 0 Å². The van der Waals surface area contributed by atoms with Crippen LogP contribution < -0.4 is 21.1 Å². The number of guanidine groups is 1. The molecule has 0 spiro atoms. The number of carbonyl (C=O) groups is 1. The summed E-state index contributed by atoms with van der Waals surface area (Å²) in [6.07, 6.45) is 0.833. The van der Waals surface area contributed by atoms with Crippen molar-refractivity contribution in [3.63, 3.8) is 0 Å². The largest absolute Gasteiger partial charge is 0.493 e. The Bertz CT molecular complexity index is 636. The van der Waals surface area contributed by atoms with Gasteiger partial charge in [-0.3, -0.25) is 4.79 Å². The predicted octanol–water partition coefficient (Wildman–Crippen LogP) is 2.59. The fraction of sp³-hybridized carbons (Fsp3) is 0.600. The molecule has 0 saturated carbocycles. The van der Waals surface area contributed by atoms with Crippen molar-refractivity contribution in [1.82, 2.24) is 10.6 Å². The number of aliphatic imine (C=N–C) groups is 1. The number of ether oxygens (including phenoxy) is 2. The number of amides is 1. The minimum Gasteiger partial charge on any atom is -0.493 e. The number of hydrogen-bond donors (Lipinski definition) is 3. The van der Waals surface area contributed by atoms with Gasteiger partial charge < -0.3 is 25.8 Å². The molecule has 0 aliphatic rings. The van der Waals surface area contributed by atoms with Crippen LogP contribution in [0.3, 0.4) is 0 Å². The Morgan fingerprint density at radius 3 is 2.57 bits per heavy atom. The first-order valence-corrected chi connectivity index (χ1v) is 9.33. The van der Waals surface area contributed by atoms with Gasteiger partial charge in [-0.05, 0) is 39.3 Å². The van der Waals surface area contributed by atoms with Crippen molar-refractivity contribution in [2.45, 2.75) is 40.7 Å². The maximum Gasteiger partial charge on any atom is 0.224 e. The van der Waals surface area contributed by atoms with Crippen LogP contribution in [0.1, 0.15) is 38.3 Å². The Morgan fingerprint density at radius 1 is 1.25 bits per heavy atom. The Hall–Kier alpha value is -1.55. The van der Waals surface area contributed by atoms with Crippen LogP contribution in [-0.2, 0) is 16.1 Å². The zero-order valence-corrected chi connectivity index (χ0v) is 20.0. The van der Waals surface area contributed by atoms with Crippen LogP contribution in [0.4, 0.5) is 0 Å². The van der Waals surface area contributed by atoms with E-state index in [-0.39, 0.29) is 29.9 Å². The summed E-state index contributed by atoms with van der Waals surface area (Å²) in [4.78, 5) is 16.1. The third kappa shape index (κ3) is 9.59. The average Bonchev–Trinajstić information content (AvgIpc) is 2.62.